The van der Waals surface area contributed by atoms with Gasteiger partial charge in [0.25, 0.3) is 0 Å². The summed E-state index contributed by atoms with van der Waals surface area (Å²) in [6, 6.07) is 13.8. The van der Waals surface area contributed by atoms with Crippen LogP contribution in [0.3, 0.4) is 0 Å². The molecule has 6 nitrogen and oxygen atoms in total. The van der Waals surface area contributed by atoms with Gasteiger partial charge in [0.2, 0.25) is 5.78 Å². The van der Waals surface area contributed by atoms with E-state index in [1.807, 2.05) is 11.5 Å². The Labute approximate surface area is 185 Å². The molecule has 3 rings (SSSR count). The van der Waals surface area contributed by atoms with E-state index in [0.29, 0.717) is 22.7 Å². The minimum absolute atomic E-state index is 0.0476. The van der Waals surface area contributed by atoms with Gasteiger partial charge in [-0.25, -0.2) is 8.42 Å². The predicted molar refractivity (Wildman–Crippen MR) is 116 cm³/mol. The van der Waals surface area contributed by atoms with E-state index < -0.39 is 22.6 Å². The normalized spacial score (nSPS) is 12.6. The maximum Gasteiger partial charge on any atom is 0.387 e. The average molecular weight is 464 g/mol. The number of carbonyl (C=O) groups excluding carboxylic acids is 1. The van der Waals surface area contributed by atoms with Crippen LogP contribution in [0, 0.1) is 13.8 Å². The van der Waals surface area contributed by atoms with Gasteiger partial charge >= 0.3 is 6.61 Å². The van der Waals surface area contributed by atoms with Gasteiger partial charge < -0.3 is 14.0 Å². The molecule has 0 saturated heterocycles. The monoisotopic (exact) mass is 463 g/mol. The van der Waals surface area contributed by atoms with Crippen molar-refractivity contribution in [1.82, 2.24) is 4.57 Å². The minimum atomic E-state index is -3.32. The molecular formula is C23H23F2NO5S. The highest BCUT2D eigenvalue weighted by Gasteiger charge is 2.23. The number of hydrogen-bond donors (Lipinski definition) is 0. The van der Waals surface area contributed by atoms with E-state index in [4.69, 9.17) is 4.74 Å². The molecule has 0 amide bonds. The number of halogens is 2. The Morgan fingerprint density at radius 1 is 0.938 bits per heavy atom. The summed E-state index contributed by atoms with van der Waals surface area (Å²) < 4.78 is 59.8. The number of aryl methyl sites for hydroxylation is 1. The molecular weight excluding hydrogens is 440 g/mol. The summed E-state index contributed by atoms with van der Waals surface area (Å²) >= 11 is 0. The van der Waals surface area contributed by atoms with E-state index in [-0.39, 0.29) is 16.4 Å². The molecule has 1 atom stereocenters. The van der Waals surface area contributed by atoms with Crippen LogP contribution in [-0.2, 0) is 9.84 Å². The molecule has 1 aromatic heterocycles. The number of alkyl halides is 2. The molecule has 0 spiro atoms. The Morgan fingerprint density at radius 2 is 1.47 bits per heavy atom. The average Bonchev–Trinajstić information content (AvgIpc) is 3.01. The molecule has 0 fully saturated rings. The van der Waals surface area contributed by atoms with E-state index in [9.17, 15) is 22.0 Å². The second-order valence-corrected chi connectivity index (χ2v) is 9.38. The standard InChI is InChI=1S/C23H23F2NO5S/c1-14-13-21(15(2)26(14)17-5-7-19(8-6-17)31-23(24)25)22(27)16(3)30-18-9-11-20(12-10-18)32(4,28)29/h5-13,16,23H,1-4H3. The fraction of sp³-hybridized carbons (Fsp3) is 0.261. The molecule has 0 radical (unpaired) electrons. The van der Waals surface area contributed by atoms with Gasteiger partial charge in [-0.1, -0.05) is 0 Å². The maximum absolute atomic E-state index is 13.0. The number of carbonyl (C=O) groups is 1. The minimum Gasteiger partial charge on any atom is -0.483 e. The van der Waals surface area contributed by atoms with Crippen LogP contribution >= 0.6 is 0 Å². The summed E-state index contributed by atoms with van der Waals surface area (Å²) in [5, 5.41) is 0. The summed E-state index contributed by atoms with van der Waals surface area (Å²) in [4.78, 5) is 13.2. The van der Waals surface area contributed by atoms with E-state index >= 15 is 0 Å². The van der Waals surface area contributed by atoms with Crippen LogP contribution in [0.1, 0.15) is 28.7 Å². The van der Waals surface area contributed by atoms with E-state index in [1.165, 1.54) is 36.4 Å². The topological polar surface area (TPSA) is 74.6 Å². The quantitative estimate of drug-likeness (QED) is 0.451. The molecule has 0 aliphatic carbocycles. The Balaban J connectivity index is 1.80. The fourth-order valence-electron chi connectivity index (χ4n) is 3.43. The van der Waals surface area contributed by atoms with Crippen LogP contribution in [0.15, 0.2) is 59.5 Å². The highest BCUT2D eigenvalue weighted by Crippen LogP contribution is 2.25. The highest BCUT2D eigenvalue weighted by molar-refractivity contribution is 7.90. The molecule has 1 unspecified atom stereocenters. The lowest BCUT2D eigenvalue weighted by Gasteiger charge is -2.15. The van der Waals surface area contributed by atoms with Gasteiger partial charge in [-0.3, -0.25) is 4.79 Å². The van der Waals surface area contributed by atoms with Gasteiger partial charge in [0.05, 0.1) is 4.90 Å². The SMILES string of the molecule is Cc1cc(C(=O)C(C)Oc2ccc(S(C)(=O)=O)cc2)c(C)n1-c1ccc(OC(F)F)cc1. The lowest BCUT2D eigenvalue weighted by atomic mass is 10.1. The second kappa shape index (κ2) is 9.12. The van der Waals surface area contributed by atoms with Crippen molar-refractivity contribution in [1.29, 1.82) is 0 Å². The molecule has 0 aliphatic rings. The number of benzene rings is 2. The van der Waals surface area contributed by atoms with Crippen molar-refractivity contribution in [2.75, 3.05) is 6.26 Å². The molecule has 0 saturated carbocycles. The zero-order valence-electron chi connectivity index (χ0n) is 18.0. The molecule has 2 aromatic carbocycles. The van der Waals surface area contributed by atoms with E-state index in [1.54, 1.807) is 32.0 Å². The van der Waals surface area contributed by atoms with Crippen molar-refractivity contribution in [2.24, 2.45) is 0 Å². The first-order valence-electron chi connectivity index (χ1n) is 9.72. The third-order valence-corrected chi connectivity index (χ3v) is 6.08. The predicted octanol–water partition coefficient (Wildman–Crippen LogP) is 4.75. The molecule has 1 heterocycles. The zero-order chi connectivity index (χ0) is 23.6. The molecule has 0 bridgehead atoms. The van der Waals surface area contributed by atoms with Gasteiger partial charge in [-0.05, 0) is 75.4 Å². The summed E-state index contributed by atoms with van der Waals surface area (Å²) in [6.07, 6.45) is 0.305. The first-order chi connectivity index (χ1) is 15.0. The summed E-state index contributed by atoms with van der Waals surface area (Å²) in [5.41, 5.74) is 2.64. The van der Waals surface area contributed by atoms with Crippen LogP contribution in [0.5, 0.6) is 11.5 Å². The number of ether oxygens (including phenoxy) is 2. The van der Waals surface area contributed by atoms with Crippen molar-refractivity contribution in [2.45, 2.75) is 38.4 Å². The van der Waals surface area contributed by atoms with Crippen molar-refractivity contribution in [3.8, 4) is 17.2 Å². The zero-order valence-corrected chi connectivity index (χ0v) is 18.8. The molecule has 0 N–H and O–H groups in total. The third-order valence-electron chi connectivity index (χ3n) is 4.95. The van der Waals surface area contributed by atoms with E-state index in [2.05, 4.69) is 4.74 Å². The number of Topliss-reactive ketones (excluding diaryl/α,β-unsaturated/α-hetero) is 1. The molecule has 9 heteroatoms. The smallest absolute Gasteiger partial charge is 0.387 e. The van der Waals surface area contributed by atoms with Gasteiger partial charge in [-0.2, -0.15) is 8.78 Å². The first-order valence-corrected chi connectivity index (χ1v) is 11.6. The summed E-state index contributed by atoms with van der Waals surface area (Å²) in [6.45, 7) is 2.35. The summed E-state index contributed by atoms with van der Waals surface area (Å²) in [5.74, 6) is 0.183. The number of ketones is 1. The number of rotatable bonds is 8. The number of hydrogen-bond acceptors (Lipinski definition) is 5. The number of aromatic nitrogens is 1. The van der Waals surface area contributed by atoms with Crippen LogP contribution in [0.2, 0.25) is 0 Å². The third kappa shape index (κ3) is 5.16. The lowest BCUT2D eigenvalue weighted by Crippen LogP contribution is -2.24. The largest absolute Gasteiger partial charge is 0.483 e. The number of nitrogens with zero attached hydrogens (tertiary/aromatic N) is 1. The highest BCUT2D eigenvalue weighted by atomic mass is 32.2. The number of sulfone groups is 1. The summed E-state index contributed by atoms with van der Waals surface area (Å²) in [7, 11) is -3.32. The van der Waals surface area contributed by atoms with Crippen molar-refractivity contribution in [3.63, 3.8) is 0 Å². The van der Waals surface area contributed by atoms with Gasteiger partial charge in [0.1, 0.15) is 11.5 Å². The lowest BCUT2D eigenvalue weighted by molar-refractivity contribution is -0.0498. The van der Waals surface area contributed by atoms with Gasteiger partial charge in [-0.15, -0.1) is 0 Å². The van der Waals surface area contributed by atoms with Crippen LogP contribution in [0.4, 0.5) is 8.78 Å². The Kier molecular flexibility index (Phi) is 6.68. The maximum atomic E-state index is 13.0. The van der Waals surface area contributed by atoms with Crippen LogP contribution in [0.25, 0.3) is 5.69 Å². The Hall–Kier alpha value is -3.20. The molecule has 0 aliphatic heterocycles. The van der Waals surface area contributed by atoms with Crippen molar-refractivity contribution < 1.29 is 31.5 Å². The van der Waals surface area contributed by atoms with Crippen molar-refractivity contribution >= 4 is 15.6 Å². The fourth-order valence-corrected chi connectivity index (χ4v) is 4.06. The van der Waals surface area contributed by atoms with Gasteiger partial charge in [0, 0.05) is 28.9 Å². The van der Waals surface area contributed by atoms with Gasteiger partial charge in [0.15, 0.2) is 15.9 Å². The Morgan fingerprint density at radius 3 is 2.00 bits per heavy atom. The molecule has 3 aromatic rings. The van der Waals surface area contributed by atoms with Crippen LogP contribution in [-0.4, -0.2) is 37.7 Å². The Bertz CT molecular complexity index is 1220. The molecule has 170 valence electrons. The van der Waals surface area contributed by atoms with Crippen LogP contribution < -0.4 is 9.47 Å². The van der Waals surface area contributed by atoms with Crippen molar-refractivity contribution in [3.05, 3.63) is 71.5 Å². The second-order valence-electron chi connectivity index (χ2n) is 7.36. The molecule has 32 heavy (non-hydrogen) atoms. The first kappa shape index (κ1) is 23.5. The van der Waals surface area contributed by atoms with E-state index in [0.717, 1.165) is 11.9 Å².